The number of nitro groups is 1. The van der Waals surface area contributed by atoms with Crippen molar-refractivity contribution in [1.82, 2.24) is 4.90 Å². The number of carbonyl (C=O) groups excluding carboxylic acids is 2. The van der Waals surface area contributed by atoms with Crippen LogP contribution in [0.25, 0.3) is 0 Å². The van der Waals surface area contributed by atoms with Crippen molar-refractivity contribution >= 4 is 28.9 Å². The van der Waals surface area contributed by atoms with E-state index in [-0.39, 0.29) is 17.2 Å². The van der Waals surface area contributed by atoms with Crippen molar-refractivity contribution in [3.05, 3.63) is 63.2 Å². The van der Waals surface area contributed by atoms with Crippen molar-refractivity contribution in [2.24, 2.45) is 0 Å². The summed E-state index contributed by atoms with van der Waals surface area (Å²) in [4.78, 5) is 41.0. The number of piperidine rings is 1. The van der Waals surface area contributed by atoms with Crippen molar-refractivity contribution in [3.8, 4) is 0 Å². The number of hydrogen-bond acceptors (Lipinski definition) is 5. The van der Waals surface area contributed by atoms with Crippen molar-refractivity contribution in [2.75, 3.05) is 36.4 Å². The van der Waals surface area contributed by atoms with Crippen LogP contribution in [0.15, 0.2) is 36.4 Å². The lowest BCUT2D eigenvalue weighted by Crippen LogP contribution is -2.36. The summed E-state index contributed by atoms with van der Waals surface area (Å²) in [5.74, 6) is -0.452. The molecule has 2 saturated heterocycles. The predicted molar refractivity (Wildman–Crippen MR) is 123 cm³/mol. The van der Waals surface area contributed by atoms with Gasteiger partial charge in [0.2, 0.25) is 0 Å². The van der Waals surface area contributed by atoms with Gasteiger partial charge in [0, 0.05) is 54.7 Å². The van der Waals surface area contributed by atoms with E-state index in [0.717, 1.165) is 64.0 Å². The Morgan fingerprint density at radius 1 is 0.938 bits per heavy atom. The summed E-state index contributed by atoms with van der Waals surface area (Å²) >= 11 is 0. The van der Waals surface area contributed by atoms with Gasteiger partial charge in [-0.1, -0.05) is 6.07 Å². The fourth-order valence-corrected chi connectivity index (χ4v) is 4.44. The van der Waals surface area contributed by atoms with Crippen LogP contribution < -0.4 is 10.2 Å². The van der Waals surface area contributed by atoms with E-state index in [2.05, 4.69) is 10.2 Å². The first-order valence-corrected chi connectivity index (χ1v) is 11.2. The third-order valence-corrected chi connectivity index (χ3v) is 6.24. The maximum absolute atomic E-state index is 13.4. The van der Waals surface area contributed by atoms with E-state index in [0.29, 0.717) is 16.8 Å². The van der Waals surface area contributed by atoms with E-state index < -0.39 is 10.8 Å². The Morgan fingerprint density at radius 2 is 1.62 bits per heavy atom. The van der Waals surface area contributed by atoms with Crippen LogP contribution in [0.3, 0.4) is 0 Å². The second-order valence-corrected chi connectivity index (χ2v) is 8.49. The van der Waals surface area contributed by atoms with Gasteiger partial charge in [-0.3, -0.25) is 19.7 Å². The topological polar surface area (TPSA) is 95.8 Å². The SMILES string of the molecule is Cc1ccc(C(=O)Nc2ccc(N3CCCC3)c(C(=O)N3CCCCC3)c2)cc1[N+](=O)[O-]. The zero-order valence-electron chi connectivity index (χ0n) is 18.3. The Balaban J connectivity index is 1.61. The van der Waals surface area contributed by atoms with Gasteiger partial charge in [-0.15, -0.1) is 0 Å². The van der Waals surface area contributed by atoms with Gasteiger partial charge in [-0.25, -0.2) is 0 Å². The third kappa shape index (κ3) is 4.59. The second-order valence-electron chi connectivity index (χ2n) is 8.49. The molecular formula is C24H28N4O4. The molecule has 2 amide bonds. The van der Waals surface area contributed by atoms with Crippen LogP contribution in [-0.4, -0.2) is 47.8 Å². The molecule has 0 radical (unpaired) electrons. The molecule has 2 fully saturated rings. The molecule has 2 heterocycles. The third-order valence-electron chi connectivity index (χ3n) is 6.24. The highest BCUT2D eigenvalue weighted by molar-refractivity contribution is 6.06. The van der Waals surface area contributed by atoms with Crippen LogP contribution in [-0.2, 0) is 0 Å². The standard InChI is InChI=1S/C24H28N4O4/c1-17-7-8-18(15-22(17)28(31)32)23(29)25-19-9-10-21(26-11-5-6-12-26)20(16-19)24(30)27-13-3-2-4-14-27/h7-10,15-16H,2-6,11-14H2,1H3,(H,25,29). The van der Waals surface area contributed by atoms with E-state index in [1.165, 1.54) is 6.07 Å². The summed E-state index contributed by atoms with van der Waals surface area (Å²) in [6, 6.07) is 9.84. The van der Waals surface area contributed by atoms with Crippen LogP contribution in [0, 0.1) is 17.0 Å². The number of aryl methyl sites for hydroxylation is 1. The second kappa shape index (κ2) is 9.38. The smallest absolute Gasteiger partial charge is 0.273 e. The molecule has 168 valence electrons. The number of carbonyl (C=O) groups is 2. The maximum atomic E-state index is 13.4. The highest BCUT2D eigenvalue weighted by Crippen LogP contribution is 2.30. The number of hydrogen-bond donors (Lipinski definition) is 1. The first-order valence-electron chi connectivity index (χ1n) is 11.2. The monoisotopic (exact) mass is 436 g/mol. The quantitative estimate of drug-likeness (QED) is 0.554. The lowest BCUT2D eigenvalue weighted by atomic mass is 10.1. The van der Waals surface area contributed by atoms with E-state index in [9.17, 15) is 19.7 Å². The summed E-state index contributed by atoms with van der Waals surface area (Å²) in [6.45, 7) is 4.97. The molecule has 2 aromatic carbocycles. The summed E-state index contributed by atoms with van der Waals surface area (Å²) in [5, 5.41) is 14.0. The summed E-state index contributed by atoms with van der Waals surface area (Å²) < 4.78 is 0. The van der Waals surface area contributed by atoms with Crippen molar-refractivity contribution in [2.45, 2.75) is 39.0 Å². The van der Waals surface area contributed by atoms with Crippen LogP contribution in [0.1, 0.15) is 58.4 Å². The van der Waals surface area contributed by atoms with E-state index in [1.54, 1.807) is 31.2 Å². The molecule has 1 N–H and O–H groups in total. The normalized spacial score (nSPS) is 16.2. The molecule has 0 aromatic heterocycles. The number of likely N-dealkylation sites (tertiary alicyclic amines) is 1. The van der Waals surface area contributed by atoms with Gasteiger partial charge in [0.1, 0.15) is 0 Å². The molecule has 8 heteroatoms. The van der Waals surface area contributed by atoms with Gasteiger partial charge in [0.25, 0.3) is 17.5 Å². The van der Waals surface area contributed by atoms with Gasteiger partial charge >= 0.3 is 0 Å². The highest BCUT2D eigenvalue weighted by atomic mass is 16.6. The highest BCUT2D eigenvalue weighted by Gasteiger charge is 2.25. The van der Waals surface area contributed by atoms with Gasteiger partial charge in [0.15, 0.2) is 0 Å². The van der Waals surface area contributed by atoms with Gasteiger partial charge < -0.3 is 15.1 Å². The van der Waals surface area contributed by atoms with Gasteiger partial charge in [-0.05, 0) is 63.3 Å². The molecule has 8 nitrogen and oxygen atoms in total. The lowest BCUT2D eigenvalue weighted by molar-refractivity contribution is -0.385. The zero-order valence-corrected chi connectivity index (χ0v) is 18.3. The average molecular weight is 437 g/mol. The molecule has 2 aliphatic rings. The Hall–Kier alpha value is -3.42. The molecular weight excluding hydrogens is 408 g/mol. The first-order chi connectivity index (χ1) is 15.4. The summed E-state index contributed by atoms with van der Waals surface area (Å²) in [5.41, 5.74) is 2.61. The minimum Gasteiger partial charge on any atom is -0.371 e. The number of nitrogens with one attached hydrogen (secondary N) is 1. The summed E-state index contributed by atoms with van der Waals surface area (Å²) in [6.07, 6.45) is 5.35. The van der Waals surface area contributed by atoms with Gasteiger partial charge in [0.05, 0.1) is 10.5 Å². The molecule has 2 aromatic rings. The Kier molecular flexibility index (Phi) is 6.39. The summed E-state index contributed by atoms with van der Waals surface area (Å²) in [7, 11) is 0. The van der Waals surface area contributed by atoms with Crippen molar-refractivity contribution in [1.29, 1.82) is 0 Å². The lowest BCUT2D eigenvalue weighted by Gasteiger charge is -2.29. The minimum atomic E-state index is -0.494. The van der Waals surface area contributed by atoms with E-state index in [4.69, 9.17) is 0 Å². The fourth-order valence-electron chi connectivity index (χ4n) is 4.44. The Labute approximate surface area is 187 Å². The molecule has 0 atom stereocenters. The molecule has 32 heavy (non-hydrogen) atoms. The number of benzene rings is 2. The van der Waals surface area contributed by atoms with Crippen LogP contribution >= 0.6 is 0 Å². The molecule has 0 aliphatic carbocycles. The Morgan fingerprint density at radius 3 is 2.31 bits per heavy atom. The predicted octanol–water partition coefficient (Wildman–Crippen LogP) is 4.38. The molecule has 0 bridgehead atoms. The van der Waals surface area contributed by atoms with Crippen molar-refractivity contribution < 1.29 is 14.5 Å². The zero-order chi connectivity index (χ0) is 22.7. The molecule has 0 unspecified atom stereocenters. The largest absolute Gasteiger partial charge is 0.371 e. The maximum Gasteiger partial charge on any atom is 0.273 e. The number of nitrogens with zero attached hydrogens (tertiary/aromatic N) is 3. The van der Waals surface area contributed by atoms with E-state index >= 15 is 0 Å². The van der Waals surface area contributed by atoms with E-state index in [1.807, 2.05) is 11.0 Å². The fraction of sp³-hybridized carbons (Fsp3) is 0.417. The van der Waals surface area contributed by atoms with Crippen LogP contribution in [0.4, 0.5) is 17.1 Å². The first kappa shape index (κ1) is 21.8. The molecule has 4 rings (SSSR count). The molecule has 2 aliphatic heterocycles. The number of nitro benzene ring substituents is 1. The number of amides is 2. The molecule has 0 spiro atoms. The number of rotatable bonds is 5. The minimum absolute atomic E-state index is 0.00586. The van der Waals surface area contributed by atoms with Gasteiger partial charge in [-0.2, -0.15) is 0 Å². The van der Waals surface area contributed by atoms with Crippen LogP contribution in [0.5, 0.6) is 0 Å². The Bertz CT molecular complexity index is 1040. The molecule has 0 saturated carbocycles. The number of anilines is 2. The van der Waals surface area contributed by atoms with Crippen molar-refractivity contribution in [3.63, 3.8) is 0 Å². The average Bonchev–Trinajstić information content (AvgIpc) is 3.34. The van der Waals surface area contributed by atoms with Crippen LogP contribution in [0.2, 0.25) is 0 Å².